The van der Waals surface area contributed by atoms with E-state index in [0.29, 0.717) is 6.54 Å². The van der Waals surface area contributed by atoms with Gasteiger partial charge in [-0.2, -0.15) is 0 Å². The first-order chi connectivity index (χ1) is 9.24. The van der Waals surface area contributed by atoms with Crippen molar-refractivity contribution in [3.05, 3.63) is 35.3 Å². The van der Waals surface area contributed by atoms with Crippen molar-refractivity contribution in [2.24, 2.45) is 0 Å². The van der Waals surface area contributed by atoms with E-state index < -0.39 is 0 Å². The summed E-state index contributed by atoms with van der Waals surface area (Å²) in [4.78, 5) is 0. The molecule has 102 valence electrons. The number of rotatable bonds is 6. The topological polar surface area (TPSA) is 37.2 Å². The molecule has 0 spiro atoms. The van der Waals surface area contributed by atoms with Crippen molar-refractivity contribution in [1.29, 1.82) is 0 Å². The van der Waals surface area contributed by atoms with E-state index in [1.807, 2.05) is 6.92 Å². The molecular formula is C15H19FN2O. The van der Waals surface area contributed by atoms with Gasteiger partial charge in [-0.25, -0.2) is 4.39 Å². The Labute approximate surface area is 112 Å². The van der Waals surface area contributed by atoms with Gasteiger partial charge in [-0.3, -0.25) is 0 Å². The molecule has 0 atom stereocenters. The number of aryl methyl sites for hydroxylation is 1. The van der Waals surface area contributed by atoms with Crippen LogP contribution in [0.25, 0.3) is 11.0 Å². The van der Waals surface area contributed by atoms with Gasteiger partial charge in [-0.15, -0.1) is 0 Å². The third-order valence-corrected chi connectivity index (χ3v) is 3.59. The van der Waals surface area contributed by atoms with Gasteiger partial charge in [0.05, 0.1) is 6.54 Å². The van der Waals surface area contributed by atoms with E-state index in [1.54, 1.807) is 6.07 Å². The van der Waals surface area contributed by atoms with E-state index in [1.165, 1.54) is 25.0 Å². The third kappa shape index (κ3) is 2.96. The lowest BCUT2D eigenvalue weighted by molar-refractivity contribution is 0.504. The summed E-state index contributed by atoms with van der Waals surface area (Å²) in [6, 6.07) is 5.40. The molecule has 0 saturated heterocycles. The summed E-state index contributed by atoms with van der Waals surface area (Å²) < 4.78 is 18.9. The van der Waals surface area contributed by atoms with Crippen molar-refractivity contribution in [1.82, 2.24) is 10.6 Å². The number of nitrogens with one attached hydrogen (secondary N) is 2. The third-order valence-electron chi connectivity index (χ3n) is 3.59. The monoisotopic (exact) mass is 262 g/mol. The number of hydrogen-bond acceptors (Lipinski definition) is 3. The zero-order valence-corrected chi connectivity index (χ0v) is 11.1. The van der Waals surface area contributed by atoms with E-state index in [9.17, 15) is 4.39 Å². The molecule has 0 radical (unpaired) electrons. The Hall–Kier alpha value is -1.39. The van der Waals surface area contributed by atoms with Crippen LogP contribution in [-0.2, 0) is 6.54 Å². The highest BCUT2D eigenvalue weighted by molar-refractivity contribution is 5.82. The molecule has 2 aromatic rings. The number of halogens is 1. The van der Waals surface area contributed by atoms with Gasteiger partial charge < -0.3 is 15.1 Å². The Balaban J connectivity index is 1.58. The summed E-state index contributed by atoms with van der Waals surface area (Å²) in [7, 11) is 0. The Morgan fingerprint density at radius 2 is 2.16 bits per heavy atom. The van der Waals surface area contributed by atoms with Crippen LogP contribution in [-0.4, -0.2) is 19.1 Å². The van der Waals surface area contributed by atoms with Crippen molar-refractivity contribution < 1.29 is 8.81 Å². The molecule has 0 unspecified atom stereocenters. The van der Waals surface area contributed by atoms with Crippen molar-refractivity contribution in [3.8, 4) is 0 Å². The lowest BCUT2D eigenvalue weighted by Gasteiger charge is -2.04. The number of furan rings is 1. The van der Waals surface area contributed by atoms with Crippen molar-refractivity contribution in [3.63, 3.8) is 0 Å². The van der Waals surface area contributed by atoms with Crippen LogP contribution in [0, 0.1) is 12.7 Å². The van der Waals surface area contributed by atoms with Gasteiger partial charge in [0, 0.05) is 24.5 Å². The molecule has 0 amide bonds. The molecule has 3 nitrogen and oxygen atoms in total. The summed E-state index contributed by atoms with van der Waals surface area (Å²) >= 11 is 0. The van der Waals surface area contributed by atoms with Crippen molar-refractivity contribution in [2.45, 2.75) is 32.4 Å². The molecule has 1 saturated carbocycles. The maximum atomic E-state index is 13.2. The second kappa shape index (κ2) is 5.31. The largest absolute Gasteiger partial charge is 0.459 e. The van der Waals surface area contributed by atoms with Crippen LogP contribution in [0.1, 0.15) is 24.2 Å². The summed E-state index contributed by atoms with van der Waals surface area (Å²) in [5, 5.41) is 7.67. The maximum absolute atomic E-state index is 13.2. The minimum absolute atomic E-state index is 0.218. The second-order valence-electron chi connectivity index (χ2n) is 5.20. The first-order valence-electron chi connectivity index (χ1n) is 6.85. The van der Waals surface area contributed by atoms with Crippen LogP contribution < -0.4 is 10.6 Å². The average Bonchev–Trinajstić information content (AvgIpc) is 3.17. The molecule has 1 fully saturated rings. The molecular weight excluding hydrogens is 243 g/mol. The van der Waals surface area contributed by atoms with Gasteiger partial charge in [-0.05, 0) is 43.5 Å². The number of fused-ring (bicyclic) bond motifs is 1. The minimum atomic E-state index is -0.218. The zero-order valence-electron chi connectivity index (χ0n) is 11.1. The van der Waals surface area contributed by atoms with Gasteiger partial charge in [0.1, 0.15) is 17.2 Å². The highest BCUT2D eigenvalue weighted by Gasteiger charge is 2.19. The lowest BCUT2D eigenvalue weighted by Crippen LogP contribution is -2.28. The van der Waals surface area contributed by atoms with Gasteiger partial charge in [0.2, 0.25) is 0 Å². The van der Waals surface area contributed by atoms with Gasteiger partial charge in [0.25, 0.3) is 0 Å². The van der Waals surface area contributed by atoms with Gasteiger partial charge in [0.15, 0.2) is 0 Å². The van der Waals surface area contributed by atoms with Crippen LogP contribution in [0.4, 0.5) is 4.39 Å². The highest BCUT2D eigenvalue weighted by atomic mass is 19.1. The van der Waals surface area contributed by atoms with Crippen LogP contribution >= 0.6 is 0 Å². The van der Waals surface area contributed by atoms with Crippen LogP contribution in [0.5, 0.6) is 0 Å². The standard InChI is InChI=1S/C15H19FN2O/c1-10-13-8-11(16)2-5-14(13)19-15(10)9-17-6-7-18-12-3-4-12/h2,5,8,12,17-18H,3-4,6-7,9H2,1H3. The molecule has 3 rings (SSSR count). The molecule has 1 aromatic heterocycles. The Bertz CT molecular complexity index is 575. The predicted octanol–water partition coefficient (Wildman–Crippen LogP) is 2.72. The Kier molecular flexibility index (Phi) is 3.53. The summed E-state index contributed by atoms with van der Waals surface area (Å²) in [5.41, 5.74) is 1.78. The minimum Gasteiger partial charge on any atom is -0.459 e. The fourth-order valence-electron chi connectivity index (χ4n) is 2.27. The van der Waals surface area contributed by atoms with Crippen LogP contribution in [0.2, 0.25) is 0 Å². The van der Waals surface area contributed by atoms with Crippen LogP contribution in [0.3, 0.4) is 0 Å². The molecule has 0 aliphatic heterocycles. The normalized spacial score (nSPS) is 15.3. The smallest absolute Gasteiger partial charge is 0.134 e. The SMILES string of the molecule is Cc1c(CNCCNC2CC2)oc2ccc(F)cc12. The molecule has 1 heterocycles. The van der Waals surface area contributed by atoms with Gasteiger partial charge in [-0.1, -0.05) is 0 Å². The number of hydrogen-bond donors (Lipinski definition) is 2. The quantitative estimate of drug-likeness (QED) is 0.786. The fraction of sp³-hybridized carbons (Fsp3) is 0.467. The Morgan fingerprint density at radius 1 is 1.32 bits per heavy atom. The molecule has 0 bridgehead atoms. The Morgan fingerprint density at radius 3 is 2.95 bits per heavy atom. The van der Waals surface area contributed by atoms with Crippen LogP contribution in [0.15, 0.2) is 22.6 Å². The maximum Gasteiger partial charge on any atom is 0.134 e. The summed E-state index contributed by atoms with van der Waals surface area (Å²) in [5.74, 6) is 0.677. The molecule has 19 heavy (non-hydrogen) atoms. The van der Waals surface area contributed by atoms with Crippen molar-refractivity contribution in [2.75, 3.05) is 13.1 Å². The van der Waals surface area contributed by atoms with Crippen molar-refractivity contribution >= 4 is 11.0 Å². The predicted molar refractivity (Wildman–Crippen MR) is 73.6 cm³/mol. The molecule has 1 aliphatic rings. The summed E-state index contributed by atoms with van der Waals surface area (Å²) in [6.45, 7) is 4.57. The molecule has 1 aliphatic carbocycles. The average molecular weight is 262 g/mol. The molecule has 2 N–H and O–H groups in total. The van der Waals surface area contributed by atoms with E-state index in [2.05, 4.69) is 10.6 Å². The fourth-order valence-corrected chi connectivity index (χ4v) is 2.27. The number of benzene rings is 1. The van der Waals surface area contributed by atoms with E-state index in [-0.39, 0.29) is 5.82 Å². The lowest BCUT2D eigenvalue weighted by atomic mass is 10.1. The second-order valence-corrected chi connectivity index (χ2v) is 5.20. The first kappa shape index (κ1) is 12.6. The summed E-state index contributed by atoms with van der Waals surface area (Å²) in [6.07, 6.45) is 2.63. The molecule has 1 aromatic carbocycles. The first-order valence-corrected chi connectivity index (χ1v) is 6.85. The van der Waals surface area contributed by atoms with E-state index >= 15 is 0 Å². The zero-order chi connectivity index (χ0) is 13.2. The van der Waals surface area contributed by atoms with Gasteiger partial charge >= 0.3 is 0 Å². The van der Waals surface area contributed by atoms with E-state index in [0.717, 1.165) is 41.4 Å². The highest BCUT2D eigenvalue weighted by Crippen LogP contribution is 2.25. The van der Waals surface area contributed by atoms with E-state index in [4.69, 9.17) is 4.42 Å². The molecule has 4 heteroatoms.